The molecule has 0 aliphatic rings. The number of ether oxygens (including phenoxy) is 2. The Morgan fingerprint density at radius 1 is 1.35 bits per heavy atom. The molecular formula is C11H19N3O3. The molecule has 6 heteroatoms. The Bertz CT molecular complexity index is 345. The molecule has 1 heterocycles. The van der Waals surface area contributed by atoms with Crippen LogP contribution >= 0.6 is 0 Å². The molecule has 0 aromatic carbocycles. The number of nitrogens with zero attached hydrogens (tertiary/aromatic N) is 3. The van der Waals surface area contributed by atoms with Gasteiger partial charge in [0.05, 0.1) is 6.20 Å². The lowest BCUT2D eigenvalue weighted by Crippen LogP contribution is -2.29. The Balaban J connectivity index is 2.80. The first-order chi connectivity index (χ1) is 8.24. The number of aryl methyl sites for hydroxylation is 1. The molecule has 0 unspecified atom stereocenters. The van der Waals surface area contributed by atoms with E-state index < -0.39 is 6.29 Å². The van der Waals surface area contributed by atoms with Gasteiger partial charge in [-0.15, -0.1) is 5.10 Å². The number of aromatic nitrogens is 3. The van der Waals surface area contributed by atoms with Crippen LogP contribution in [0.25, 0.3) is 0 Å². The highest BCUT2D eigenvalue weighted by molar-refractivity contribution is 5.96. The zero-order valence-electron chi connectivity index (χ0n) is 10.5. The van der Waals surface area contributed by atoms with E-state index in [-0.39, 0.29) is 5.78 Å². The van der Waals surface area contributed by atoms with Crippen LogP contribution in [0.5, 0.6) is 0 Å². The van der Waals surface area contributed by atoms with Crippen molar-refractivity contribution in [1.82, 2.24) is 15.0 Å². The van der Waals surface area contributed by atoms with Gasteiger partial charge >= 0.3 is 0 Å². The van der Waals surface area contributed by atoms with Crippen molar-refractivity contribution in [2.24, 2.45) is 0 Å². The van der Waals surface area contributed by atoms with Gasteiger partial charge in [-0.3, -0.25) is 4.79 Å². The zero-order chi connectivity index (χ0) is 12.7. The second-order valence-corrected chi connectivity index (χ2v) is 3.45. The normalized spacial score (nSPS) is 11.1. The summed E-state index contributed by atoms with van der Waals surface area (Å²) in [5.41, 5.74) is 0.429. The van der Waals surface area contributed by atoms with Crippen LogP contribution in [0.15, 0.2) is 6.20 Å². The maximum absolute atomic E-state index is 12.1. The minimum absolute atomic E-state index is 0.229. The smallest absolute Gasteiger partial charge is 0.238 e. The molecule has 0 N–H and O–H groups in total. The topological polar surface area (TPSA) is 66.2 Å². The van der Waals surface area contributed by atoms with Crippen molar-refractivity contribution in [3.8, 4) is 0 Å². The van der Waals surface area contributed by atoms with E-state index in [1.165, 1.54) is 6.20 Å². The third-order valence-electron chi connectivity index (χ3n) is 2.16. The van der Waals surface area contributed by atoms with Crippen LogP contribution in [0.4, 0.5) is 0 Å². The Morgan fingerprint density at radius 2 is 2.00 bits per heavy atom. The van der Waals surface area contributed by atoms with Crippen LogP contribution in [0.1, 0.15) is 37.7 Å². The van der Waals surface area contributed by atoms with E-state index in [0.717, 1.165) is 6.42 Å². The Labute approximate surface area is 101 Å². The van der Waals surface area contributed by atoms with Crippen molar-refractivity contribution in [3.05, 3.63) is 11.9 Å². The summed E-state index contributed by atoms with van der Waals surface area (Å²) in [5, 5.41) is 7.61. The fraction of sp³-hybridized carbons (Fsp3) is 0.727. The van der Waals surface area contributed by atoms with E-state index in [1.54, 1.807) is 4.68 Å². The number of carbonyl (C=O) groups is 1. The second-order valence-electron chi connectivity index (χ2n) is 3.45. The summed E-state index contributed by atoms with van der Waals surface area (Å²) in [6.45, 7) is 7.16. The zero-order valence-corrected chi connectivity index (χ0v) is 10.5. The van der Waals surface area contributed by atoms with E-state index in [4.69, 9.17) is 9.47 Å². The third-order valence-corrected chi connectivity index (χ3v) is 2.16. The molecule has 6 nitrogen and oxygen atoms in total. The van der Waals surface area contributed by atoms with Gasteiger partial charge in [0.2, 0.25) is 12.1 Å². The van der Waals surface area contributed by atoms with E-state index in [2.05, 4.69) is 10.3 Å². The predicted molar refractivity (Wildman–Crippen MR) is 61.7 cm³/mol. The highest BCUT2D eigenvalue weighted by atomic mass is 16.7. The fourth-order valence-electron chi connectivity index (χ4n) is 1.45. The van der Waals surface area contributed by atoms with Gasteiger partial charge in [0.25, 0.3) is 0 Å². The average Bonchev–Trinajstić information content (AvgIpc) is 2.77. The molecule has 1 rings (SSSR count). The second kappa shape index (κ2) is 7.13. The maximum atomic E-state index is 12.1. The number of hydrogen-bond donors (Lipinski definition) is 0. The molecule has 96 valence electrons. The van der Waals surface area contributed by atoms with Gasteiger partial charge < -0.3 is 9.47 Å². The summed E-state index contributed by atoms with van der Waals surface area (Å²) in [4.78, 5) is 12.1. The standard InChI is InChI=1S/C11H19N3O3/c1-4-7-14-9(8-12-13-14)10(15)11(16-5-2)17-6-3/h8,11H,4-7H2,1-3H3. The molecule has 0 saturated heterocycles. The minimum Gasteiger partial charge on any atom is -0.346 e. The molecular weight excluding hydrogens is 222 g/mol. The van der Waals surface area contributed by atoms with Crippen LogP contribution < -0.4 is 0 Å². The Hall–Kier alpha value is -1.27. The Kier molecular flexibility index (Phi) is 5.79. The quantitative estimate of drug-likeness (QED) is 0.506. The summed E-state index contributed by atoms with van der Waals surface area (Å²) in [6.07, 6.45) is 1.47. The van der Waals surface area contributed by atoms with Gasteiger partial charge in [-0.25, -0.2) is 4.68 Å². The van der Waals surface area contributed by atoms with Gasteiger partial charge in [0.15, 0.2) is 0 Å². The molecule has 0 radical (unpaired) electrons. The number of carbonyl (C=O) groups excluding carboxylic acids is 1. The van der Waals surface area contributed by atoms with Crippen molar-refractivity contribution in [2.75, 3.05) is 13.2 Å². The predicted octanol–water partition coefficient (Wildman–Crippen LogP) is 1.27. The average molecular weight is 241 g/mol. The molecule has 1 aromatic heterocycles. The summed E-state index contributed by atoms with van der Waals surface area (Å²) in [7, 11) is 0. The SMILES string of the molecule is CCCn1nncc1C(=O)C(OCC)OCC. The van der Waals surface area contributed by atoms with E-state index in [9.17, 15) is 4.79 Å². The molecule has 17 heavy (non-hydrogen) atoms. The first-order valence-corrected chi connectivity index (χ1v) is 5.90. The number of Topliss-reactive ketones (excluding diaryl/α,β-unsaturated/α-hetero) is 1. The monoisotopic (exact) mass is 241 g/mol. The molecule has 0 bridgehead atoms. The lowest BCUT2D eigenvalue weighted by molar-refractivity contribution is -0.107. The van der Waals surface area contributed by atoms with Crippen molar-refractivity contribution in [3.63, 3.8) is 0 Å². The number of rotatable bonds is 8. The van der Waals surface area contributed by atoms with E-state index in [1.807, 2.05) is 20.8 Å². The summed E-state index contributed by atoms with van der Waals surface area (Å²) in [6, 6.07) is 0. The van der Waals surface area contributed by atoms with Crippen molar-refractivity contribution in [2.45, 2.75) is 40.0 Å². The van der Waals surface area contributed by atoms with Gasteiger partial charge in [-0.2, -0.15) is 0 Å². The van der Waals surface area contributed by atoms with Crippen LogP contribution in [0.2, 0.25) is 0 Å². The lowest BCUT2D eigenvalue weighted by atomic mass is 10.3. The fourth-order valence-corrected chi connectivity index (χ4v) is 1.45. The van der Waals surface area contributed by atoms with Crippen LogP contribution in [0, 0.1) is 0 Å². The first-order valence-electron chi connectivity index (χ1n) is 5.90. The molecule has 0 amide bonds. The molecule has 0 aliphatic carbocycles. The minimum atomic E-state index is -0.862. The van der Waals surface area contributed by atoms with Crippen LogP contribution in [-0.2, 0) is 16.0 Å². The summed E-state index contributed by atoms with van der Waals surface area (Å²) < 4.78 is 12.1. The highest BCUT2D eigenvalue weighted by Crippen LogP contribution is 2.07. The third kappa shape index (κ3) is 3.61. The van der Waals surface area contributed by atoms with Crippen LogP contribution in [-0.4, -0.2) is 40.3 Å². The van der Waals surface area contributed by atoms with Crippen molar-refractivity contribution in [1.29, 1.82) is 0 Å². The van der Waals surface area contributed by atoms with E-state index >= 15 is 0 Å². The maximum Gasteiger partial charge on any atom is 0.238 e. The van der Waals surface area contributed by atoms with Crippen LogP contribution in [0.3, 0.4) is 0 Å². The van der Waals surface area contributed by atoms with Gasteiger partial charge in [-0.1, -0.05) is 12.1 Å². The summed E-state index contributed by atoms with van der Waals surface area (Å²) in [5.74, 6) is -0.229. The molecule has 0 aliphatic heterocycles. The number of hydrogen-bond acceptors (Lipinski definition) is 5. The summed E-state index contributed by atoms with van der Waals surface area (Å²) >= 11 is 0. The van der Waals surface area contributed by atoms with Gasteiger partial charge in [0, 0.05) is 19.8 Å². The first kappa shape index (κ1) is 13.8. The highest BCUT2D eigenvalue weighted by Gasteiger charge is 2.24. The molecule has 0 atom stereocenters. The molecule has 0 spiro atoms. The molecule has 1 aromatic rings. The van der Waals surface area contributed by atoms with Gasteiger partial charge in [0.1, 0.15) is 5.69 Å². The lowest BCUT2D eigenvalue weighted by Gasteiger charge is -2.15. The molecule has 0 fully saturated rings. The van der Waals surface area contributed by atoms with Gasteiger partial charge in [-0.05, 0) is 20.3 Å². The van der Waals surface area contributed by atoms with Crippen molar-refractivity contribution >= 4 is 5.78 Å². The number of ketones is 1. The largest absolute Gasteiger partial charge is 0.346 e. The molecule has 0 saturated carbocycles. The Morgan fingerprint density at radius 3 is 2.53 bits per heavy atom. The van der Waals surface area contributed by atoms with E-state index in [0.29, 0.717) is 25.5 Å². The van der Waals surface area contributed by atoms with Crippen molar-refractivity contribution < 1.29 is 14.3 Å².